The van der Waals surface area contributed by atoms with E-state index in [9.17, 15) is 0 Å². The van der Waals surface area contributed by atoms with E-state index in [2.05, 4.69) is 25.8 Å². The van der Waals surface area contributed by atoms with Gasteiger partial charge in [-0.2, -0.15) is 0 Å². The minimum absolute atomic E-state index is 0.0256. The summed E-state index contributed by atoms with van der Waals surface area (Å²) in [5, 5.41) is 0. The average Bonchev–Trinajstić information content (AvgIpc) is 2.17. The van der Waals surface area contributed by atoms with E-state index >= 15 is 0 Å². The predicted octanol–water partition coefficient (Wildman–Crippen LogP) is 2.00. The van der Waals surface area contributed by atoms with E-state index in [0.717, 1.165) is 26.1 Å². The van der Waals surface area contributed by atoms with E-state index in [-0.39, 0.29) is 5.54 Å². The lowest BCUT2D eigenvalue weighted by molar-refractivity contribution is -0.00172. The molecule has 3 heteroatoms. The van der Waals surface area contributed by atoms with Gasteiger partial charge in [-0.05, 0) is 59.5 Å². The maximum absolute atomic E-state index is 5.96. The second-order valence-corrected chi connectivity index (χ2v) is 5.84. The van der Waals surface area contributed by atoms with Crippen LogP contribution in [0, 0.1) is 0 Å². The van der Waals surface area contributed by atoms with Crippen LogP contribution in [0.4, 0.5) is 0 Å². The minimum Gasteiger partial charge on any atom is -0.377 e. The highest BCUT2D eigenvalue weighted by molar-refractivity contribution is 4.73. The SMILES string of the molecule is CN(CCCC(C)(C)N)CC1CCCCO1. The van der Waals surface area contributed by atoms with Gasteiger partial charge in [-0.3, -0.25) is 0 Å². The normalized spacial score (nSPS) is 22.7. The van der Waals surface area contributed by atoms with Crippen molar-refractivity contribution in [3.8, 4) is 0 Å². The first-order valence-electron chi connectivity index (χ1n) is 6.56. The fourth-order valence-corrected chi connectivity index (χ4v) is 2.19. The molecule has 0 amide bonds. The van der Waals surface area contributed by atoms with Crippen molar-refractivity contribution in [3.63, 3.8) is 0 Å². The maximum Gasteiger partial charge on any atom is 0.0701 e. The van der Waals surface area contributed by atoms with Crippen LogP contribution in [0.1, 0.15) is 46.0 Å². The topological polar surface area (TPSA) is 38.5 Å². The number of rotatable bonds is 6. The number of ether oxygens (including phenoxy) is 1. The fraction of sp³-hybridized carbons (Fsp3) is 1.00. The monoisotopic (exact) mass is 228 g/mol. The van der Waals surface area contributed by atoms with Crippen molar-refractivity contribution < 1.29 is 4.74 Å². The number of hydrogen-bond donors (Lipinski definition) is 1. The van der Waals surface area contributed by atoms with E-state index < -0.39 is 0 Å². The average molecular weight is 228 g/mol. The van der Waals surface area contributed by atoms with Crippen LogP contribution in [-0.2, 0) is 4.74 Å². The Kier molecular flexibility index (Phi) is 5.73. The van der Waals surface area contributed by atoms with Crippen molar-refractivity contribution >= 4 is 0 Å². The molecule has 0 spiro atoms. The summed E-state index contributed by atoms with van der Waals surface area (Å²) >= 11 is 0. The van der Waals surface area contributed by atoms with Crippen LogP contribution >= 0.6 is 0 Å². The zero-order chi connectivity index (χ0) is 12.0. The largest absolute Gasteiger partial charge is 0.377 e. The first-order valence-corrected chi connectivity index (χ1v) is 6.56. The van der Waals surface area contributed by atoms with Crippen molar-refractivity contribution in [1.29, 1.82) is 0 Å². The summed E-state index contributed by atoms with van der Waals surface area (Å²) in [5.74, 6) is 0. The molecule has 16 heavy (non-hydrogen) atoms. The highest BCUT2D eigenvalue weighted by atomic mass is 16.5. The number of hydrogen-bond acceptors (Lipinski definition) is 3. The molecule has 0 aromatic rings. The molecule has 0 aromatic carbocycles. The molecule has 1 aliphatic rings. The van der Waals surface area contributed by atoms with Gasteiger partial charge in [0, 0.05) is 18.7 Å². The molecule has 1 aliphatic heterocycles. The summed E-state index contributed by atoms with van der Waals surface area (Å²) in [4.78, 5) is 2.38. The van der Waals surface area contributed by atoms with Gasteiger partial charge in [0.1, 0.15) is 0 Å². The quantitative estimate of drug-likeness (QED) is 0.756. The Morgan fingerprint density at radius 2 is 2.12 bits per heavy atom. The lowest BCUT2D eigenvalue weighted by Gasteiger charge is -2.28. The van der Waals surface area contributed by atoms with E-state index in [1.807, 2.05) is 0 Å². The second-order valence-electron chi connectivity index (χ2n) is 5.84. The standard InChI is InChI=1S/C13H28N2O/c1-13(2,14)8-6-9-15(3)11-12-7-4-5-10-16-12/h12H,4-11,14H2,1-3H3. The van der Waals surface area contributed by atoms with E-state index in [4.69, 9.17) is 10.5 Å². The molecule has 3 nitrogen and oxygen atoms in total. The lowest BCUT2D eigenvalue weighted by atomic mass is 10.00. The molecule has 96 valence electrons. The van der Waals surface area contributed by atoms with Gasteiger partial charge >= 0.3 is 0 Å². The Hall–Kier alpha value is -0.120. The van der Waals surface area contributed by atoms with Crippen LogP contribution in [-0.4, -0.2) is 43.3 Å². The van der Waals surface area contributed by atoms with E-state index in [1.54, 1.807) is 0 Å². The van der Waals surface area contributed by atoms with Gasteiger partial charge in [-0.15, -0.1) is 0 Å². The Balaban J connectivity index is 2.08. The van der Waals surface area contributed by atoms with Gasteiger partial charge in [-0.25, -0.2) is 0 Å². The Bertz CT molecular complexity index is 183. The Morgan fingerprint density at radius 3 is 2.69 bits per heavy atom. The van der Waals surface area contributed by atoms with Crippen LogP contribution in [0.5, 0.6) is 0 Å². The summed E-state index contributed by atoms with van der Waals surface area (Å²) < 4.78 is 5.73. The second kappa shape index (κ2) is 6.58. The number of nitrogens with zero attached hydrogens (tertiary/aromatic N) is 1. The molecule has 1 rings (SSSR count). The predicted molar refractivity (Wildman–Crippen MR) is 68.6 cm³/mol. The first kappa shape index (κ1) is 13.9. The van der Waals surface area contributed by atoms with Gasteiger partial charge in [0.15, 0.2) is 0 Å². The smallest absolute Gasteiger partial charge is 0.0701 e. The van der Waals surface area contributed by atoms with E-state index in [0.29, 0.717) is 6.10 Å². The zero-order valence-corrected chi connectivity index (χ0v) is 11.2. The summed E-state index contributed by atoms with van der Waals surface area (Å²) in [6.07, 6.45) is 6.52. The van der Waals surface area contributed by atoms with Crippen molar-refractivity contribution in [2.75, 3.05) is 26.7 Å². The molecule has 0 aromatic heterocycles. The van der Waals surface area contributed by atoms with Crippen molar-refractivity contribution in [1.82, 2.24) is 4.90 Å². The summed E-state index contributed by atoms with van der Waals surface area (Å²) in [5.41, 5.74) is 5.94. The molecule has 1 atom stereocenters. The molecular formula is C13H28N2O. The van der Waals surface area contributed by atoms with Gasteiger partial charge in [0.05, 0.1) is 6.10 Å². The van der Waals surface area contributed by atoms with Gasteiger partial charge in [-0.1, -0.05) is 0 Å². The third-order valence-corrected chi connectivity index (χ3v) is 3.15. The van der Waals surface area contributed by atoms with Crippen LogP contribution in [0.3, 0.4) is 0 Å². The fourth-order valence-electron chi connectivity index (χ4n) is 2.19. The zero-order valence-electron chi connectivity index (χ0n) is 11.2. The summed E-state index contributed by atoms with van der Waals surface area (Å²) in [7, 11) is 2.18. The van der Waals surface area contributed by atoms with Crippen LogP contribution in [0.15, 0.2) is 0 Å². The number of nitrogens with two attached hydrogens (primary N) is 1. The first-order chi connectivity index (χ1) is 7.47. The molecule has 1 unspecified atom stereocenters. The third-order valence-electron chi connectivity index (χ3n) is 3.15. The highest BCUT2D eigenvalue weighted by Gasteiger charge is 2.16. The molecule has 1 heterocycles. The van der Waals surface area contributed by atoms with Crippen LogP contribution in [0.2, 0.25) is 0 Å². The molecular weight excluding hydrogens is 200 g/mol. The Labute approximate surface area is 100 Å². The molecule has 0 aliphatic carbocycles. The minimum atomic E-state index is -0.0256. The molecule has 1 saturated heterocycles. The molecule has 0 bridgehead atoms. The van der Waals surface area contributed by atoms with E-state index in [1.165, 1.54) is 25.7 Å². The molecule has 0 saturated carbocycles. The lowest BCUT2D eigenvalue weighted by Crippen LogP contribution is -2.36. The van der Waals surface area contributed by atoms with Gasteiger partial charge in [0.25, 0.3) is 0 Å². The Morgan fingerprint density at radius 1 is 1.38 bits per heavy atom. The van der Waals surface area contributed by atoms with Gasteiger partial charge < -0.3 is 15.4 Å². The summed E-state index contributed by atoms with van der Waals surface area (Å²) in [6, 6.07) is 0. The van der Waals surface area contributed by atoms with Crippen molar-refractivity contribution in [2.45, 2.75) is 57.6 Å². The van der Waals surface area contributed by atoms with Crippen LogP contribution in [0.25, 0.3) is 0 Å². The summed E-state index contributed by atoms with van der Waals surface area (Å²) in [6.45, 7) is 7.34. The number of likely N-dealkylation sites (N-methyl/N-ethyl adjacent to an activating group) is 1. The van der Waals surface area contributed by atoms with Crippen molar-refractivity contribution in [3.05, 3.63) is 0 Å². The highest BCUT2D eigenvalue weighted by Crippen LogP contribution is 2.14. The van der Waals surface area contributed by atoms with Crippen LogP contribution < -0.4 is 5.73 Å². The maximum atomic E-state index is 5.96. The van der Waals surface area contributed by atoms with Gasteiger partial charge in [0.2, 0.25) is 0 Å². The molecule has 0 radical (unpaired) electrons. The molecule has 2 N–H and O–H groups in total. The molecule has 1 fully saturated rings. The van der Waals surface area contributed by atoms with Crippen molar-refractivity contribution in [2.24, 2.45) is 5.73 Å². The third kappa shape index (κ3) is 6.46.